The molecule has 110 valence electrons. The molecule has 1 aliphatic rings. The summed E-state index contributed by atoms with van der Waals surface area (Å²) in [5, 5.41) is 0. The number of anilines is 1. The Bertz CT molecular complexity index is 483. The minimum Gasteiger partial charge on any atom is -0.465 e. The van der Waals surface area contributed by atoms with Crippen LogP contribution >= 0.6 is 0 Å². The second-order valence-corrected chi connectivity index (χ2v) is 5.00. The van der Waals surface area contributed by atoms with E-state index in [1.807, 2.05) is 0 Å². The summed E-state index contributed by atoms with van der Waals surface area (Å²) in [6, 6.07) is 0. The summed E-state index contributed by atoms with van der Waals surface area (Å²) >= 11 is 0. The lowest BCUT2D eigenvalue weighted by atomic mass is 9.79. The smallest absolute Gasteiger partial charge is 0.314 e. The summed E-state index contributed by atoms with van der Waals surface area (Å²) in [6.07, 6.45) is 0.987. The molecule has 1 saturated heterocycles. The quantitative estimate of drug-likeness (QED) is 0.792. The fraction of sp³-hybridized carbons (Fsp3) is 0.615. The van der Waals surface area contributed by atoms with Crippen molar-refractivity contribution < 1.29 is 18.3 Å². The van der Waals surface area contributed by atoms with Crippen molar-refractivity contribution in [2.24, 2.45) is 5.41 Å². The van der Waals surface area contributed by atoms with Crippen LogP contribution in [-0.4, -0.2) is 41.8 Å². The molecule has 0 N–H and O–H groups in total. The minimum atomic E-state index is -1.39. The number of ether oxygens (including phenoxy) is 1. The molecule has 0 spiro atoms. The van der Waals surface area contributed by atoms with Crippen LogP contribution in [0.25, 0.3) is 0 Å². The van der Waals surface area contributed by atoms with Crippen molar-refractivity contribution in [3.05, 3.63) is 18.2 Å². The topological polar surface area (TPSA) is 55.3 Å². The molecule has 2 rings (SSSR count). The van der Waals surface area contributed by atoms with E-state index in [1.54, 1.807) is 18.7 Å². The maximum atomic E-state index is 14.3. The van der Waals surface area contributed by atoms with E-state index in [1.165, 1.54) is 0 Å². The predicted molar refractivity (Wildman–Crippen MR) is 68.5 cm³/mol. The highest BCUT2D eigenvalue weighted by molar-refractivity contribution is 5.77. The van der Waals surface area contributed by atoms with Crippen LogP contribution in [0.15, 0.2) is 12.4 Å². The summed E-state index contributed by atoms with van der Waals surface area (Å²) in [4.78, 5) is 21.1. The van der Waals surface area contributed by atoms with Crippen LogP contribution in [0.5, 0.6) is 0 Å². The molecule has 1 aromatic rings. The van der Waals surface area contributed by atoms with Gasteiger partial charge in [0.1, 0.15) is 6.17 Å². The largest absolute Gasteiger partial charge is 0.465 e. The molecule has 0 aliphatic carbocycles. The highest BCUT2D eigenvalue weighted by Crippen LogP contribution is 2.35. The number of aromatic nitrogens is 2. The van der Waals surface area contributed by atoms with Gasteiger partial charge in [0.25, 0.3) is 0 Å². The molecule has 2 atom stereocenters. The van der Waals surface area contributed by atoms with Crippen molar-refractivity contribution in [2.75, 3.05) is 24.6 Å². The molecule has 0 bridgehead atoms. The number of hydrogen-bond acceptors (Lipinski definition) is 5. The summed E-state index contributed by atoms with van der Waals surface area (Å²) < 4.78 is 32.0. The van der Waals surface area contributed by atoms with Crippen molar-refractivity contribution >= 4 is 11.9 Å². The zero-order chi connectivity index (χ0) is 14.8. The van der Waals surface area contributed by atoms with Gasteiger partial charge in [-0.15, -0.1) is 0 Å². The van der Waals surface area contributed by atoms with Crippen molar-refractivity contribution in [1.82, 2.24) is 9.97 Å². The van der Waals surface area contributed by atoms with Crippen LogP contribution < -0.4 is 4.90 Å². The van der Waals surface area contributed by atoms with Crippen molar-refractivity contribution in [3.63, 3.8) is 0 Å². The zero-order valence-corrected chi connectivity index (χ0v) is 11.5. The van der Waals surface area contributed by atoms with Crippen molar-refractivity contribution in [3.8, 4) is 0 Å². The number of carbonyl (C=O) groups is 1. The molecule has 0 radical (unpaired) electrons. The Morgan fingerprint density at radius 3 is 2.75 bits per heavy atom. The third-order valence-corrected chi connectivity index (χ3v) is 3.60. The Hall–Kier alpha value is -1.79. The van der Waals surface area contributed by atoms with Crippen LogP contribution in [0.4, 0.5) is 14.7 Å². The van der Waals surface area contributed by atoms with Gasteiger partial charge in [-0.3, -0.25) is 4.79 Å². The normalized spacial score (nSPS) is 26.4. The molecule has 2 unspecified atom stereocenters. The van der Waals surface area contributed by atoms with Crippen LogP contribution in [0, 0.1) is 11.2 Å². The van der Waals surface area contributed by atoms with Gasteiger partial charge in [0.15, 0.2) is 5.82 Å². The lowest BCUT2D eigenvalue weighted by Crippen LogP contribution is -2.52. The highest BCUT2D eigenvalue weighted by atomic mass is 19.1. The molecule has 0 saturated carbocycles. The first-order valence-electron chi connectivity index (χ1n) is 6.51. The van der Waals surface area contributed by atoms with E-state index in [0.29, 0.717) is 13.0 Å². The monoisotopic (exact) mass is 285 g/mol. The maximum Gasteiger partial charge on any atom is 0.314 e. The highest BCUT2D eigenvalue weighted by Gasteiger charge is 2.47. The first-order valence-corrected chi connectivity index (χ1v) is 6.51. The van der Waals surface area contributed by atoms with Crippen LogP contribution in [0.2, 0.25) is 0 Å². The summed E-state index contributed by atoms with van der Waals surface area (Å²) in [7, 11) is 0. The molecule has 0 aromatic carbocycles. The van der Waals surface area contributed by atoms with Gasteiger partial charge in [0, 0.05) is 6.54 Å². The van der Waals surface area contributed by atoms with Gasteiger partial charge < -0.3 is 9.64 Å². The lowest BCUT2D eigenvalue weighted by Gasteiger charge is -2.40. The van der Waals surface area contributed by atoms with Gasteiger partial charge in [0.2, 0.25) is 5.95 Å². The lowest BCUT2D eigenvalue weighted by molar-refractivity contribution is -0.159. The van der Waals surface area contributed by atoms with Gasteiger partial charge in [-0.1, -0.05) is 0 Å². The Kier molecular flexibility index (Phi) is 4.15. The molecule has 1 aliphatic heterocycles. The Balaban J connectivity index is 2.08. The zero-order valence-electron chi connectivity index (χ0n) is 11.5. The van der Waals surface area contributed by atoms with Gasteiger partial charge in [-0.25, -0.2) is 18.7 Å². The van der Waals surface area contributed by atoms with E-state index in [0.717, 1.165) is 12.4 Å². The molecular formula is C13H17F2N3O2. The van der Waals surface area contributed by atoms with Crippen LogP contribution in [0.3, 0.4) is 0 Å². The number of piperidine rings is 1. The Labute approximate surface area is 116 Å². The molecular weight excluding hydrogens is 268 g/mol. The molecule has 1 aromatic heterocycles. The Morgan fingerprint density at radius 1 is 1.55 bits per heavy atom. The maximum absolute atomic E-state index is 14.3. The standard InChI is InChI=1S/C13H17F2N3O2/c1-3-20-11(19)13(2)4-5-18(8-10(13)15)12-16-6-9(14)7-17-12/h6-7,10H,3-5,8H2,1-2H3. The fourth-order valence-corrected chi connectivity index (χ4v) is 2.19. The third-order valence-electron chi connectivity index (χ3n) is 3.60. The number of esters is 1. The number of hydrogen-bond donors (Lipinski definition) is 0. The van der Waals surface area contributed by atoms with E-state index in [9.17, 15) is 13.6 Å². The first-order chi connectivity index (χ1) is 9.47. The average Bonchev–Trinajstić information content (AvgIpc) is 2.43. The summed E-state index contributed by atoms with van der Waals surface area (Å²) in [5.41, 5.74) is -1.15. The fourth-order valence-electron chi connectivity index (χ4n) is 2.19. The number of carbonyl (C=O) groups excluding carboxylic acids is 1. The predicted octanol–water partition coefficient (Wildman–Crippen LogP) is 1.73. The van der Waals surface area contributed by atoms with E-state index in [2.05, 4.69) is 9.97 Å². The first kappa shape index (κ1) is 14.6. The number of rotatable bonds is 3. The molecule has 2 heterocycles. The Morgan fingerprint density at radius 2 is 2.20 bits per heavy atom. The number of alkyl halides is 1. The van der Waals surface area contributed by atoms with Gasteiger partial charge >= 0.3 is 5.97 Å². The average molecular weight is 285 g/mol. The van der Waals surface area contributed by atoms with E-state index >= 15 is 0 Å². The van der Waals surface area contributed by atoms with Gasteiger partial charge in [0.05, 0.1) is 31.0 Å². The SMILES string of the molecule is CCOC(=O)C1(C)CCN(c2ncc(F)cn2)CC1F. The second kappa shape index (κ2) is 5.68. The minimum absolute atomic E-state index is 0.0129. The van der Waals surface area contributed by atoms with E-state index in [4.69, 9.17) is 4.74 Å². The van der Waals surface area contributed by atoms with Crippen molar-refractivity contribution in [1.29, 1.82) is 0 Å². The third kappa shape index (κ3) is 2.71. The summed E-state index contributed by atoms with van der Waals surface area (Å²) in [5.74, 6) is -0.800. The second-order valence-electron chi connectivity index (χ2n) is 5.00. The van der Waals surface area contributed by atoms with Crippen LogP contribution in [0.1, 0.15) is 20.3 Å². The van der Waals surface area contributed by atoms with E-state index < -0.39 is 23.4 Å². The summed E-state index contributed by atoms with van der Waals surface area (Å²) in [6.45, 7) is 3.89. The number of halogens is 2. The molecule has 5 nitrogen and oxygen atoms in total. The van der Waals surface area contributed by atoms with Crippen molar-refractivity contribution in [2.45, 2.75) is 26.4 Å². The van der Waals surface area contributed by atoms with Gasteiger partial charge in [-0.05, 0) is 20.3 Å². The molecule has 7 heteroatoms. The van der Waals surface area contributed by atoms with Crippen LogP contribution in [-0.2, 0) is 9.53 Å². The molecule has 0 amide bonds. The van der Waals surface area contributed by atoms with E-state index in [-0.39, 0.29) is 19.1 Å². The van der Waals surface area contributed by atoms with Gasteiger partial charge in [-0.2, -0.15) is 0 Å². The molecule has 20 heavy (non-hydrogen) atoms. The number of nitrogens with zero attached hydrogens (tertiary/aromatic N) is 3. The molecule has 1 fully saturated rings.